The first-order valence-corrected chi connectivity index (χ1v) is 5.03. The number of rotatable bonds is 2. The van der Waals surface area contributed by atoms with Crippen LogP contribution in [-0.2, 0) is 0 Å². The zero-order valence-corrected chi connectivity index (χ0v) is 7.55. The molecule has 0 atom stereocenters. The summed E-state index contributed by atoms with van der Waals surface area (Å²) in [6.07, 6.45) is 7.60. The van der Waals surface area contributed by atoms with Gasteiger partial charge in [0, 0.05) is 13.1 Å². The predicted molar refractivity (Wildman–Crippen MR) is 47.6 cm³/mol. The van der Waals surface area contributed by atoms with Crippen molar-refractivity contribution in [1.82, 2.24) is 4.90 Å². The average Bonchev–Trinajstić information content (AvgIpc) is 2.36. The van der Waals surface area contributed by atoms with Crippen LogP contribution in [0.25, 0.3) is 0 Å². The molecule has 1 saturated heterocycles. The Balaban J connectivity index is 1.66. The van der Waals surface area contributed by atoms with E-state index in [0.717, 1.165) is 11.8 Å². The van der Waals surface area contributed by atoms with Crippen LogP contribution in [0.3, 0.4) is 0 Å². The molecule has 1 nitrogen and oxygen atoms in total. The molecule has 2 fully saturated rings. The Bertz CT molecular complexity index is 121. The van der Waals surface area contributed by atoms with Crippen LogP contribution in [-0.4, -0.2) is 25.0 Å². The molecule has 11 heavy (non-hydrogen) atoms. The Morgan fingerprint density at radius 1 is 1.09 bits per heavy atom. The topological polar surface area (TPSA) is 3.24 Å². The lowest BCUT2D eigenvalue weighted by Crippen LogP contribution is -2.44. The standard InChI is InChI=1S/C10H19N/c1-11-7-10(8-11)6-9-4-2-3-5-9/h9-10H,2-8H2,1H3. The highest BCUT2D eigenvalue weighted by Crippen LogP contribution is 2.32. The third-order valence-corrected chi connectivity index (χ3v) is 3.28. The zero-order valence-electron chi connectivity index (χ0n) is 7.55. The molecule has 0 bridgehead atoms. The normalized spacial score (nSPS) is 29.2. The Morgan fingerprint density at radius 3 is 2.27 bits per heavy atom. The van der Waals surface area contributed by atoms with Gasteiger partial charge in [-0.25, -0.2) is 0 Å². The summed E-state index contributed by atoms with van der Waals surface area (Å²) in [5.74, 6) is 2.16. The minimum absolute atomic E-state index is 1.06. The second-order valence-corrected chi connectivity index (χ2v) is 4.47. The van der Waals surface area contributed by atoms with Crippen molar-refractivity contribution < 1.29 is 0 Å². The van der Waals surface area contributed by atoms with Crippen molar-refractivity contribution in [2.24, 2.45) is 11.8 Å². The summed E-state index contributed by atoms with van der Waals surface area (Å²) < 4.78 is 0. The molecule has 0 unspecified atom stereocenters. The van der Waals surface area contributed by atoms with Crippen molar-refractivity contribution in [2.45, 2.75) is 32.1 Å². The van der Waals surface area contributed by atoms with Crippen LogP contribution in [0, 0.1) is 11.8 Å². The molecule has 0 N–H and O–H groups in total. The molecular weight excluding hydrogens is 134 g/mol. The van der Waals surface area contributed by atoms with Crippen LogP contribution in [0.1, 0.15) is 32.1 Å². The number of hydrogen-bond acceptors (Lipinski definition) is 1. The summed E-state index contributed by atoms with van der Waals surface area (Å²) in [4.78, 5) is 2.43. The van der Waals surface area contributed by atoms with Gasteiger partial charge >= 0.3 is 0 Å². The van der Waals surface area contributed by atoms with Crippen molar-refractivity contribution in [2.75, 3.05) is 20.1 Å². The van der Waals surface area contributed by atoms with Gasteiger partial charge in [-0.2, -0.15) is 0 Å². The lowest BCUT2D eigenvalue weighted by Gasteiger charge is -2.37. The van der Waals surface area contributed by atoms with Gasteiger partial charge in [0.2, 0.25) is 0 Å². The summed E-state index contributed by atoms with van der Waals surface area (Å²) >= 11 is 0. The second-order valence-electron chi connectivity index (χ2n) is 4.47. The maximum absolute atomic E-state index is 2.43. The van der Waals surface area contributed by atoms with Gasteiger partial charge in [0.05, 0.1) is 0 Å². The predicted octanol–water partition coefficient (Wildman–Crippen LogP) is 2.13. The van der Waals surface area contributed by atoms with Gasteiger partial charge in [0.1, 0.15) is 0 Å². The van der Waals surface area contributed by atoms with E-state index < -0.39 is 0 Å². The minimum atomic E-state index is 1.06. The molecule has 0 aromatic carbocycles. The monoisotopic (exact) mass is 153 g/mol. The molecule has 0 radical (unpaired) electrons. The van der Waals surface area contributed by atoms with E-state index in [1.165, 1.54) is 45.2 Å². The Labute approximate surface area is 69.8 Å². The molecule has 2 aliphatic rings. The molecule has 1 heteroatoms. The molecule has 0 amide bonds. The van der Waals surface area contributed by atoms with Gasteiger partial charge in [-0.05, 0) is 25.3 Å². The van der Waals surface area contributed by atoms with E-state index in [4.69, 9.17) is 0 Å². The van der Waals surface area contributed by atoms with E-state index in [-0.39, 0.29) is 0 Å². The molecular formula is C10H19N. The molecule has 1 aliphatic heterocycles. The molecule has 1 heterocycles. The molecule has 1 aliphatic carbocycles. The van der Waals surface area contributed by atoms with Gasteiger partial charge in [-0.3, -0.25) is 0 Å². The van der Waals surface area contributed by atoms with Gasteiger partial charge in [-0.1, -0.05) is 25.7 Å². The zero-order chi connectivity index (χ0) is 7.68. The van der Waals surface area contributed by atoms with E-state index in [9.17, 15) is 0 Å². The maximum atomic E-state index is 2.43. The fraction of sp³-hybridized carbons (Fsp3) is 1.00. The smallest absolute Gasteiger partial charge is 0.00191 e. The van der Waals surface area contributed by atoms with E-state index >= 15 is 0 Å². The first-order valence-electron chi connectivity index (χ1n) is 5.03. The number of nitrogens with zero attached hydrogens (tertiary/aromatic N) is 1. The Morgan fingerprint density at radius 2 is 1.73 bits per heavy atom. The van der Waals surface area contributed by atoms with Gasteiger partial charge in [0.15, 0.2) is 0 Å². The Kier molecular flexibility index (Phi) is 2.17. The molecule has 64 valence electrons. The van der Waals surface area contributed by atoms with Crippen molar-refractivity contribution in [3.8, 4) is 0 Å². The van der Waals surface area contributed by atoms with E-state index in [2.05, 4.69) is 11.9 Å². The highest BCUT2D eigenvalue weighted by molar-refractivity contribution is 4.80. The van der Waals surface area contributed by atoms with E-state index in [0.29, 0.717) is 0 Å². The first kappa shape index (κ1) is 7.60. The van der Waals surface area contributed by atoms with E-state index in [1.807, 2.05) is 0 Å². The fourth-order valence-electron chi connectivity index (χ4n) is 2.69. The number of likely N-dealkylation sites (tertiary alicyclic amines) is 1. The molecule has 2 rings (SSSR count). The van der Waals surface area contributed by atoms with Crippen LogP contribution in [0.5, 0.6) is 0 Å². The summed E-state index contributed by atoms with van der Waals surface area (Å²) in [6.45, 7) is 2.74. The lowest BCUT2D eigenvalue weighted by atomic mass is 9.88. The van der Waals surface area contributed by atoms with Gasteiger partial charge < -0.3 is 4.90 Å². The lowest BCUT2D eigenvalue weighted by molar-refractivity contribution is 0.111. The van der Waals surface area contributed by atoms with Crippen molar-refractivity contribution in [3.05, 3.63) is 0 Å². The molecule has 0 aromatic heterocycles. The van der Waals surface area contributed by atoms with Crippen molar-refractivity contribution >= 4 is 0 Å². The summed E-state index contributed by atoms with van der Waals surface area (Å²) in [5, 5.41) is 0. The average molecular weight is 153 g/mol. The first-order chi connectivity index (χ1) is 5.34. The molecule has 0 aromatic rings. The quantitative estimate of drug-likeness (QED) is 0.587. The molecule has 0 spiro atoms. The second kappa shape index (κ2) is 3.14. The largest absolute Gasteiger partial charge is 0.306 e. The van der Waals surface area contributed by atoms with Crippen LogP contribution in [0.4, 0.5) is 0 Å². The van der Waals surface area contributed by atoms with Crippen LogP contribution < -0.4 is 0 Å². The summed E-state index contributed by atoms with van der Waals surface area (Å²) in [5.41, 5.74) is 0. The van der Waals surface area contributed by atoms with Crippen LogP contribution in [0.2, 0.25) is 0 Å². The van der Waals surface area contributed by atoms with Gasteiger partial charge in [-0.15, -0.1) is 0 Å². The fourth-order valence-corrected chi connectivity index (χ4v) is 2.69. The molecule has 1 saturated carbocycles. The third kappa shape index (κ3) is 1.76. The highest BCUT2D eigenvalue weighted by Gasteiger charge is 2.27. The van der Waals surface area contributed by atoms with Crippen LogP contribution >= 0.6 is 0 Å². The highest BCUT2D eigenvalue weighted by atomic mass is 15.2. The van der Waals surface area contributed by atoms with Crippen molar-refractivity contribution in [1.29, 1.82) is 0 Å². The van der Waals surface area contributed by atoms with Crippen LogP contribution in [0.15, 0.2) is 0 Å². The van der Waals surface area contributed by atoms with E-state index in [1.54, 1.807) is 0 Å². The minimum Gasteiger partial charge on any atom is -0.306 e. The van der Waals surface area contributed by atoms with Crippen molar-refractivity contribution in [3.63, 3.8) is 0 Å². The summed E-state index contributed by atoms with van der Waals surface area (Å²) in [6, 6.07) is 0. The van der Waals surface area contributed by atoms with Gasteiger partial charge in [0.25, 0.3) is 0 Å². The maximum Gasteiger partial charge on any atom is 0.00191 e. The Hall–Kier alpha value is -0.0400. The summed E-state index contributed by atoms with van der Waals surface area (Å²) in [7, 11) is 2.23. The third-order valence-electron chi connectivity index (χ3n) is 3.28. The number of hydrogen-bond donors (Lipinski definition) is 0. The SMILES string of the molecule is CN1CC(CC2CCCC2)C1.